The molecule has 72 valence electrons. The minimum Gasteiger partial charge on any atom is -0.375 e. The van der Waals surface area contributed by atoms with Crippen LogP contribution in [0.25, 0.3) is 0 Å². The lowest BCUT2D eigenvalue weighted by Gasteiger charge is -1.95. The largest absolute Gasteiger partial charge is 0.375 e. The summed E-state index contributed by atoms with van der Waals surface area (Å²) in [6.45, 7) is 0. The summed E-state index contributed by atoms with van der Waals surface area (Å²) in [6, 6.07) is 0. The summed E-state index contributed by atoms with van der Waals surface area (Å²) < 4.78 is 3.61. The Hall–Kier alpha value is -1.54. The van der Waals surface area contributed by atoms with Gasteiger partial charge in [0.15, 0.2) is 5.13 Å². The molecule has 0 bridgehead atoms. The number of nitrogens with two attached hydrogens (primary N) is 1. The van der Waals surface area contributed by atoms with Crippen LogP contribution in [-0.2, 0) is 0 Å². The highest BCUT2D eigenvalue weighted by molar-refractivity contribution is 7.13. The zero-order chi connectivity index (χ0) is 9.97. The molecular formula is C6H5N5OS2. The first-order valence-electron chi connectivity index (χ1n) is 3.55. The second-order valence-electron chi connectivity index (χ2n) is 2.31. The van der Waals surface area contributed by atoms with Crippen molar-refractivity contribution in [2.45, 2.75) is 0 Å². The van der Waals surface area contributed by atoms with Gasteiger partial charge in [0.25, 0.3) is 5.91 Å². The molecule has 8 heteroatoms. The Morgan fingerprint density at radius 2 is 2.43 bits per heavy atom. The van der Waals surface area contributed by atoms with Gasteiger partial charge in [-0.3, -0.25) is 4.79 Å². The van der Waals surface area contributed by atoms with Gasteiger partial charge in [0, 0.05) is 16.9 Å². The number of thiazole rings is 1. The van der Waals surface area contributed by atoms with Gasteiger partial charge in [0.2, 0.25) is 0 Å². The summed E-state index contributed by atoms with van der Waals surface area (Å²) in [5.41, 5.74) is 5.70. The number of hydrogen-bond donors (Lipinski definition) is 2. The van der Waals surface area contributed by atoms with Crippen molar-refractivity contribution >= 4 is 38.9 Å². The summed E-state index contributed by atoms with van der Waals surface area (Å²) >= 11 is 2.33. The molecule has 0 aliphatic rings. The number of aromatic nitrogens is 3. The van der Waals surface area contributed by atoms with Gasteiger partial charge in [-0.1, -0.05) is 4.49 Å². The number of carbonyl (C=O) groups is 1. The van der Waals surface area contributed by atoms with E-state index in [1.807, 2.05) is 0 Å². The molecule has 6 nitrogen and oxygen atoms in total. The maximum absolute atomic E-state index is 11.5. The number of anilines is 2. The van der Waals surface area contributed by atoms with Crippen LogP contribution in [0, 0.1) is 0 Å². The van der Waals surface area contributed by atoms with Crippen molar-refractivity contribution in [3.8, 4) is 0 Å². The van der Waals surface area contributed by atoms with Crippen molar-refractivity contribution in [2.24, 2.45) is 0 Å². The average Bonchev–Trinajstić information content (AvgIpc) is 2.75. The molecule has 2 aromatic heterocycles. The number of rotatable bonds is 2. The predicted molar refractivity (Wildman–Crippen MR) is 54.4 cm³/mol. The van der Waals surface area contributed by atoms with E-state index in [4.69, 9.17) is 5.73 Å². The molecule has 0 fully saturated rings. The summed E-state index contributed by atoms with van der Waals surface area (Å²) in [5.74, 6) is -0.302. The molecule has 3 N–H and O–H groups in total. The Morgan fingerprint density at radius 3 is 3.00 bits per heavy atom. The molecule has 2 heterocycles. The van der Waals surface area contributed by atoms with E-state index in [1.165, 1.54) is 17.5 Å². The van der Waals surface area contributed by atoms with Gasteiger partial charge < -0.3 is 11.1 Å². The molecule has 2 rings (SSSR count). The Labute approximate surface area is 87.0 Å². The third kappa shape index (κ3) is 1.86. The average molecular weight is 227 g/mol. The fourth-order valence-corrected chi connectivity index (χ4v) is 1.75. The summed E-state index contributed by atoms with van der Waals surface area (Å²) in [5, 5.41) is 8.73. The Kier molecular flexibility index (Phi) is 2.37. The number of carbonyl (C=O) groups excluding carboxylic acids is 1. The first-order chi connectivity index (χ1) is 6.75. The van der Waals surface area contributed by atoms with E-state index < -0.39 is 0 Å². The summed E-state index contributed by atoms with van der Waals surface area (Å²) in [6.07, 6.45) is 1.47. The smallest absolute Gasteiger partial charge is 0.275 e. The van der Waals surface area contributed by atoms with Crippen LogP contribution in [-0.4, -0.2) is 20.5 Å². The number of nitrogens with zero attached hydrogens (tertiary/aromatic N) is 3. The van der Waals surface area contributed by atoms with Crippen molar-refractivity contribution in [3.63, 3.8) is 0 Å². The van der Waals surface area contributed by atoms with Gasteiger partial charge >= 0.3 is 0 Å². The predicted octanol–water partition coefficient (Wildman–Crippen LogP) is 0.829. The number of nitrogen functional groups attached to an aromatic ring is 1. The standard InChI is InChI=1S/C6H5N5OS2/c7-6-9-3(2-13-6)5(12)10-4-1-8-11-14-4/h1-2H,(H2,7,9)(H,10,12). The molecule has 1 amide bonds. The van der Waals surface area contributed by atoms with Crippen molar-refractivity contribution in [3.05, 3.63) is 17.3 Å². The van der Waals surface area contributed by atoms with Crippen LogP contribution in [0.5, 0.6) is 0 Å². The van der Waals surface area contributed by atoms with Crippen LogP contribution >= 0.6 is 22.9 Å². The maximum Gasteiger partial charge on any atom is 0.275 e. The van der Waals surface area contributed by atoms with E-state index in [-0.39, 0.29) is 5.91 Å². The third-order valence-electron chi connectivity index (χ3n) is 1.35. The fourth-order valence-electron chi connectivity index (χ4n) is 0.790. The van der Waals surface area contributed by atoms with Gasteiger partial charge in [0.1, 0.15) is 10.7 Å². The van der Waals surface area contributed by atoms with Gasteiger partial charge in [0.05, 0.1) is 6.20 Å². The monoisotopic (exact) mass is 227 g/mol. The van der Waals surface area contributed by atoms with E-state index in [0.29, 0.717) is 15.8 Å². The second kappa shape index (κ2) is 3.68. The van der Waals surface area contributed by atoms with Crippen LogP contribution in [0.2, 0.25) is 0 Å². The number of amides is 1. The molecule has 0 spiro atoms. The van der Waals surface area contributed by atoms with Crippen molar-refractivity contribution in [1.82, 2.24) is 14.6 Å². The fraction of sp³-hybridized carbons (Fsp3) is 0. The molecule has 0 aromatic carbocycles. The summed E-state index contributed by atoms with van der Waals surface area (Å²) in [4.78, 5) is 15.3. The molecule has 2 aromatic rings. The highest BCUT2D eigenvalue weighted by Gasteiger charge is 2.10. The minimum atomic E-state index is -0.302. The molecule has 0 aliphatic heterocycles. The topological polar surface area (TPSA) is 93.8 Å². The lowest BCUT2D eigenvalue weighted by atomic mass is 10.4. The molecule has 0 saturated carbocycles. The van der Waals surface area contributed by atoms with Crippen molar-refractivity contribution in [1.29, 1.82) is 0 Å². The first kappa shape index (κ1) is 9.03. The lowest BCUT2D eigenvalue weighted by molar-refractivity contribution is 0.102. The van der Waals surface area contributed by atoms with E-state index in [0.717, 1.165) is 11.5 Å². The minimum absolute atomic E-state index is 0.302. The molecule has 0 unspecified atom stereocenters. The quantitative estimate of drug-likeness (QED) is 0.792. The van der Waals surface area contributed by atoms with E-state index in [9.17, 15) is 4.79 Å². The van der Waals surface area contributed by atoms with E-state index >= 15 is 0 Å². The van der Waals surface area contributed by atoms with Crippen LogP contribution in [0.4, 0.5) is 10.1 Å². The Bertz CT molecular complexity index is 437. The van der Waals surface area contributed by atoms with E-state index in [1.54, 1.807) is 5.38 Å². The van der Waals surface area contributed by atoms with Crippen LogP contribution in [0.1, 0.15) is 10.5 Å². The maximum atomic E-state index is 11.5. The van der Waals surface area contributed by atoms with Gasteiger partial charge in [-0.2, -0.15) is 0 Å². The molecular weight excluding hydrogens is 222 g/mol. The van der Waals surface area contributed by atoms with Gasteiger partial charge in [-0.25, -0.2) is 4.98 Å². The normalized spacial score (nSPS) is 10.0. The second-order valence-corrected chi connectivity index (χ2v) is 3.98. The zero-order valence-corrected chi connectivity index (χ0v) is 8.43. The molecule has 0 radical (unpaired) electrons. The van der Waals surface area contributed by atoms with Gasteiger partial charge in [-0.05, 0) is 0 Å². The van der Waals surface area contributed by atoms with E-state index in [2.05, 4.69) is 19.9 Å². The molecule has 0 atom stereocenters. The lowest BCUT2D eigenvalue weighted by Crippen LogP contribution is -2.11. The van der Waals surface area contributed by atoms with Gasteiger partial charge in [-0.15, -0.1) is 16.4 Å². The van der Waals surface area contributed by atoms with Crippen LogP contribution in [0.15, 0.2) is 11.6 Å². The highest BCUT2D eigenvalue weighted by Crippen LogP contribution is 2.14. The molecule has 0 saturated heterocycles. The summed E-state index contributed by atoms with van der Waals surface area (Å²) in [7, 11) is 0. The van der Waals surface area contributed by atoms with Crippen LogP contribution in [0.3, 0.4) is 0 Å². The number of nitrogens with one attached hydrogen (secondary N) is 1. The molecule has 14 heavy (non-hydrogen) atoms. The molecule has 0 aliphatic carbocycles. The Balaban J connectivity index is 2.10. The first-order valence-corrected chi connectivity index (χ1v) is 5.21. The third-order valence-corrected chi connectivity index (χ3v) is 2.61. The van der Waals surface area contributed by atoms with Crippen LogP contribution < -0.4 is 11.1 Å². The van der Waals surface area contributed by atoms with Crippen molar-refractivity contribution < 1.29 is 4.79 Å². The SMILES string of the molecule is Nc1nc(C(=O)Nc2cnns2)cs1. The Morgan fingerprint density at radius 1 is 1.57 bits per heavy atom. The number of hydrogen-bond acceptors (Lipinski definition) is 7. The van der Waals surface area contributed by atoms with Crippen molar-refractivity contribution in [2.75, 3.05) is 11.1 Å². The highest BCUT2D eigenvalue weighted by atomic mass is 32.1. The zero-order valence-electron chi connectivity index (χ0n) is 6.80.